The first-order valence-corrected chi connectivity index (χ1v) is 3.72. The van der Waals surface area contributed by atoms with Crippen LogP contribution < -0.4 is 0 Å². The maximum absolute atomic E-state index is 8.65. The molecular formula is C8H14O2. The van der Waals surface area contributed by atoms with Crippen molar-refractivity contribution in [3.8, 4) is 0 Å². The summed E-state index contributed by atoms with van der Waals surface area (Å²) in [4.78, 5) is 0. The summed E-state index contributed by atoms with van der Waals surface area (Å²) in [7, 11) is 0. The highest BCUT2D eigenvalue weighted by Gasteiger charge is 2.30. The standard InChI is InChI=1S/C8H14O2/c1-2-3-7(4-5-9)8-6-10-8/h2,7-9H,1,3-6H2. The van der Waals surface area contributed by atoms with Crippen LogP contribution in [0.4, 0.5) is 0 Å². The molecule has 1 heterocycles. The van der Waals surface area contributed by atoms with Crippen LogP contribution in [0.5, 0.6) is 0 Å². The number of hydrogen-bond donors (Lipinski definition) is 1. The van der Waals surface area contributed by atoms with Gasteiger partial charge in [-0.15, -0.1) is 6.58 Å². The molecule has 0 radical (unpaired) electrons. The maximum Gasteiger partial charge on any atom is 0.0841 e. The summed E-state index contributed by atoms with van der Waals surface area (Å²) in [5.41, 5.74) is 0. The minimum absolute atomic E-state index is 0.262. The quantitative estimate of drug-likeness (QED) is 0.458. The molecule has 1 rings (SSSR count). The Morgan fingerprint density at radius 1 is 1.80 bits per heavy atom. The van der Waals surface area contributed by atoms with Gasteiger partial charge in [-0.1, -0.05) is 6.08 Å². The molecule has 2 nitrogen and oxygen atoms in total. The van der Waals surface area contributed by atoms with E-state index in [1.807, 2.05) is 6.08 Å². The van der Waals surface area contributed by atoms with Crippen LogP contribution >= 0.6 is 0 Å². The van der Waals surface area contributed by atoms with Crippen LogP contribution in [0.25, 0.3) is 0 Å². The number of aliphatic hydroxyl groups excluding tert-OH is 1. The van der Waals surface area contributed by atoms with Crippen molar-refractivity contribution in [1.82, 2.24) is 0 Å². The number of allylic oxidation sites excluding steroid dienone is 1. The van der Waals surface area contributed by atoms with Crippen LogP contribution in [-0.4, -0.2) is 24.4 Å². The Kier molecular flexibility index (Phi) is 2.90. The summed E-state index contributed by atoms with van der Waals surface area (Å²) in [5, 5.41) is 8.65. The van der Waals surface area contributed by atoms with Crippen LogP contribution in [0.3, 0.4) is 0 Å². The van der Waals surface area contributed by atoms with Crippen LogP contribution in [-0.2, 0) is 4.74 Å². The Morgan fingerprint density at radius 2 is 2.50 bits per heavy atom. The van der Waals surface area contributed by atoms with Gasteiger partial charge in [-0.25, -0.2) is 0 Å². The Labute approximate surface area is 61.5 Å². The van der Waals surface area contributed by atoms with E-state index in [1.165, 1.54) is 0 Å². The number of ether oxygens (including phenoxy) is 1. The highest BCUT2D eigenvalue weighted by atomic mass is 16.6. The first-order valence-electron chi connectivity index (χ1n) is 3.72. The van der Waals surface area contributed by atoms with Gasteiger partial charge < -0.3 is 9.84 Å². The smallest absolute Gasteiger partial charge is 0.0841 e. The van der Waals surface area contributed by atoms with Crippen molar-refractivity contribution in [1.29, 1.82) is 0 Å². The maximum atomic E-state index is 8.65. The van der Waals surface area contributed by atoms with Crippen LogP contribution in [0.1, 0.15) is 12.8 Å². The van der Waals surface area contributed by atoms with Crippen molar-refractivity contribution in [2.75, 3.05) is 13.2 Å². The van der Waals surface area contributed by atoms with E-state index < -0.39 is 0 Å². The zero-order chi connectivity index (χ0) is 7.40. The summed E-state index contributed by atoms with van der Waals surface area (Å²) >= 11 is 0. The Hall–Kier alpha value is -0.340. The van der Waals surface area contributed by atoms with Crippen molar-refractivity contribution in [3.05, 3.63) is 12.7 Å². The third-order valence-corrected chi connectivity index (χ3v) is 1.85. The lowest BCUT2D eigenvalue weighted by molar-refractivity contribution is 0.231. The molecule has 2 atom stereocenters. The zero-order valence-electron chi connectivity index (χ0n) is 6.12. The van der Waals surface area contributed by atoms with Crippen molar-refractivity contribution >= 4 is 0 Å². The molecule has 1 aliphatic rings. The first-order chi connectivity index (χ1) is 4.88. The minimum atomic E-state index is 0.262. The number of rotatable bonds is 5. The van der Waals surface area contributed by atoms with Gasteiger partial charge in [0.25, 0.3) is 0 Å². The van der Waals surface area contributed by atoms with Gasteiger partial charge in [0, 0.05) is 6.61 Å². The fourth-order valence-electron chi connectivity index (χ4n) is 1.16. The molecule has 0 amide bonds. The molecule has 1 fully saturated rings. The molecule has 58 valence electrons. The van der Waals surface area contributed by atoms with Crippen LogP contribution in [0.2, 0.25) is 0 Å². The SMILES string of the molecule is C=CCC(CCO)C1CO1. The Bertz CT molecular complexity index is 108. The lowest BCUT2D eigenvalue weighted by Gasteiger charge is -2.08. The van der Waals surface area contributed by atoms with Gasteiger partial charge >= 0.3 is 0 Å². The largest absolute Gasteiger partial charge is 0.396 e. The van der Waals surface area contributed by atoms with Gasteiger partial charge in [0.05, 0.1) is 12.7 Å². The second kappa shape index (κ2) is 3.74. The molecule has 0 saturated carbocycles. The normalized spacial score (nSPS) is 25.9. The lowest BCUT2D eigenvalue weighted by Crippen LogP contribution is -2.08. The van der Waals surface area contributed by atoms with Gasteiger partial charge in [0.1, 0.15) is 0 Å². The van der Waals surface area contributed by atoms with E-state index in [4.69, 9.17) is 9.84 Å². The second-order valence-corrected chi connectivity index (χ2v) is 2.67. The van der Waals surface area contributed by atoms with Gasteiger partial charge in [-0.05, 0) is 18.8 Å². The number of epoxide rings is 1. The molecule has 0 aromatic heterocycles. The monoisotopic (exact) mass is 142 g/mol. The molecule has 2 unspecified atom stereocenters. The lowest BCUT2D eigenvalue weighted by atomic mass is 9.99. The van der Waals surface area contributed by atoms with Crippen LogP contribution in [0, 0.1) is 5.92 Å². The highest BCUT2D eigenvalue weighted by Crippen LogP contribution is 2.25. The molecule has 1 aliphatic heterocycles. The summed E-state index contributed by atoms with van der Waals surface area (Å²) < 4.78 is 5.12. The van der Waals surface area contributed by atoms with E-state index in [1.54, 1.807) is 0 Å². The predicted octanol–water partition coefficient (Wildman–Crippen LogP) is 0.960. The Balaban J connectivity index is 2.19. The third kappa shape index (κ3) is 2.12. The second-order valence-electron chi connectivity index (χ2n) is 2.67. The molecular weight excluding hydrogens is 128 g/mol. The van der Waals surface area contributed by atoms with E-state index in [-0.39, 0.29) is 6.61 Å². The molecule has 1 saturated heterocycles. The summed E-state index contributed by atoms with van der Waals surface area (Å²) in [5.74, 6) is 0.502. The molecule has 0 bridgehead atoms. The van der Waals surface area contributed by atoms with Crippen LogP contribution in [0.15, 0.2) is 12.7 Å². The van der Waals surface area contributed by atoms with Crippen molar-refractivity contribution in [2.24, 2.45) is 5.92 Å². The number of aliphatic hydroxyl groups is 1. The third-order valence-electron chi connectivity index (χ3n) is 1.85. The summed E-state index contributed by atoms with van der Waals surface area (Å²) in [6.07, 6.45) is 4.11. The van der Waals surface area contributed by atoms with Crippen molar-refractivity contribution < 1.29 is 9.84 Å². The van der Waals surface area contributed by atoms with E-state index in [0.717, 1.165) is 19.4 Å². The highest BCUT2D eigenvalue weighted by molar-refractivity contribution is 4.84. The first kappa shape index (κ1) is 7.76. The summed E-state index contributed by atoms with van der Waals surface area (Å²) in [6, 6.07) is 0. The predicted molar refractivity (Wildman–Crippen MR) is 39.7 cm³/mol. The molecule has 10 heavy (non-hydrogen) atoms. The van der Waals surface area contributed by atoms with Gasteiger partial charge in [0.2, 0.25) is 0 Å². The molecule has 0 spiro atoms. The molecule has 0 aromatic rings. The van der Waals surface area contributed by atoms with Crippen molar-refractivity contribution in [3.63, 3.8) is 0 Å². The molecule has 0 aromatic carbocycles. The van der Waals surface area contributed by atoms with E-state index in [9.17, 15) is 0 Å². The summed E-state index contributed by atoms with van der Waals surface area (Å²) in [6.45, 7) is 4.79. The minimum Gasteiger partial charge on any atom is -0.396 e. The topological polar surface area (TPSA) is 32.8 Å². The average Bonchev–Trinajstić information content (AvgIpc) is 2.69. The van der Waals surface area contributed by atoms with Gasteiger partial charge in [-0.3, -0.25) is 0 Å². The van der Waals surface area contributed by atoms with E-state index in [0.29, 0.717) is 12.0 Å². The molecule has 0 aliphatic carbocycles. The fourth-order valence-corrected chi connectivity index (χ4v) is 1.16. The fraction of sp³-hybridized carbons (Fsp3) is 0.750. The molecule has 1 N–H and O–H groups in total. The van der Waals surface area contributed by atoms with Gasteiger partial charge in [0.15, 0.2) is 0 Å². The van der Waals surface area contributed by atoms with E-state index in [2.05, 4.69) is 6.58 Å². The van der Waals surface area contributed by atoms with E-state index >= 15 is 0 Å². The van der Waals surface area contributed by atoms with Gasteiger partial charge in [-0.2, -0.15) is 0 Å². The molecule has 2 heteroatoms. The average molecular weight is 142 g/mol. The Morgan fingerprint density at radius 3 is 2.90 bits per heavy atom. The van der Waals surface area contributed by atoms with Crippen molar-refractivity contribution in [2.45, 2.75) is 18.9 Å². The zero-order valence-corrected chi connectivity index (χ0v) is 6.12. The number of hydrogen-bond acceptors (Lipinski definition) is 2.